The van der Waals surface area contributed by atoms with Crippen LogP contribution in [0.5, 0.6) is 0 Å². The van der Waals surface area contributed by atoms with Crippen LogP contribution in [0.4, 0.5) is 0 Å². The van der Waals surface area contributed by atoms with Crippen molar-refractivity contribution in [3.05, 3.63) is 34.9 Å². The summed E-state index contributed by atoms with van der Waals surface area (Å²) in [7, 11) is 0. The van der Waals surface area contributed by atoms with Crippen LogP contribution < -0.4 is 21.5 Å². The summed E-state index contributed by atoms with van der Waals surface area (Å²) in [5.74, 6) is 0.365. The Kier molecular flexibility index (Phi) is 7.66. The standard InChI is InChI=1S/C18H25ClN4O2S/c1-11-6-5-9-15(12(11)2)21-18(26)23-22-16(24)10-20-17(25)13-7-3-4-8-14(13)19/h3-4,7-8,11-12,15H,5-6,9-10H2,1-2H3,(H,20,25)(H,22,24)(H2,21,23,26)/t11-,12+,15+/m0/s1. The lowest BCUT2D eigenvalue weighted by Gasteiger charge is -2.35. The van der Waals surface area contributed by atoms with Gasteiger partial charge in [0.1, 0.15) is 0 Å². The van der Waals surface area contributed by atoms with Gasteiger partial charge in [-0.2, -0.15) is 0 Å². The van der Waals surface area contributed by atoms with Gasteiger partial charge in [0.25, 0.3) is 11.8 Å². The summed E-state index contributed by atoms with van der Waals surface area (Å²) in [6, 6.07) is 6.96. The van der Waals surface area contributed by atoms with Gasteiger partial charge >= 0.3 is 0 Å². The van der Waals surface area contributed by atoms with Gasteiger partial charge in [0, 0.05) is 6.04 Å². The van der Waals surface area contributed by atoms with Gasteiger partial charge in [0.2, 0.25) is 0 Å². The summed E-state index contributed by atoms with van der Waals surface area (Å²) in [6.07, 6.45) is 3.47. The van der Waals surface area contributed by atoms with E-state index >= 15 is 0 Å². The summed E-state index contributed by atoms with van der Waals surface area (Å²) in [5, 5.41) is 6.49. The van der Waals surface area contributed by atoms with Crippen molar-refractivity contribution in [3.8, 4) is 0 Å². The zero-order valence-corrected chi connectivity index (χ0v) is 16.5. The number of thiocarbonyl (C=S) groups is 1. The molecule has 1 aliphatic rings. The molecule has 1 aliphatic carbocycles. The number of halogens is 1. The van der Waals surface area contributed by atoms with Crippen molar-refractivity contribution in [3.63, 3.8) is 0 Å². The predicted octanol–water partition coefficient (Wildman–Crippen LogP) is 2.39. The van der Waals surface area contributed by atoms with E-state index in [1.807, 2.05) is 0 Å². The predicted molar refractivity (Wildman–Crippen MR) is 107 cm³/mol. The Hall–Kier alpha value is -1.86. The number of hydrazine groups is 1. The highest BCUT2D eigenvalue weighted by molar-refractivity contribution is 7.80. The van der Waals surface area contributed by atoms with E-state index in [0.29, 0.717) is 33.6 Å². The third-order valence-electron chi connectivity index (χ3n) is 4.87. The Morgan fingerprint density at radius 3 is 2.65 bits per heavy atom. The van der Waals surface area contributed by atoms with Crippen molar-refractivity contribution >= 4 is 40.7 Å². The largest absolute Gasteiger partial charge is 0.358 e. The smallest absolute Gasteiger partial charge is 0.257 e. The third kappa shape index (κ3) is 5.85. The molecule has 0 bridgehead atoms. The van der Waals surface area contributed by atoms with Crippen molar-refractivity contribution < 1.29 is 9.59 Å². The second-order valence-electron chi connectivity index (χ2n) is 6.68. The average Bonchev–Trinajstić information content (AvgIpc) is 2.62. The van der Waals surface area contributed by atoms with Crippen LogP contribution in [0.3, 0.4) is 0 Å². The van der Waals surface area contributed by atoms with Crippen LogP contribution in [0, 0.1) is 11.8 Å². The second-order valence-corrected chi connectivity index (χ2v) is 7.50. The first-order valence-electron chi connectivity index (χ1n) is 8.76. The maximum Gasteiger partial charge on any atom is 0.257 e. The Balaban J connectivity index is 1.70. The maximum atomic E-state index is 12.0. The summed E-state index contributed by atoms with van der Waals surface area (Å²) in [4.78, 5) is 23.9. The quantitative estimate of drug-likeness (QED) is 0.464. The van der Waals surface area contributed by atoms with Crippen LogP contribution in [-0.4, -0.2) is 29.5 Å². The summed E-state index contributed by atoms with van der Waals surface area (Å²) < 4.78 is 0. The van der Waals surface area contributed by atoms with E-state index in [4.69, 9.17) is 23.8 Å². The van der Waals surface area contributed by atoms with Crippen LogP contribution in [0.2, 0.25) is 5.02 Å². The van der Waals surface area contributed by atoms with E-state index in [9.17, 15) is 9.59 Å². The van der Waals surface area contributed by atoms with E-state index in [0.717, 1.165) is 6.42 Å². The van der Waals surface area contributed by atoms with Gasteiger partial charge in [-0.05, 0) is 42.6 Å². The van der Waals surface area contributed by atoms with E-state index in [-0.39, 0.29) is 6.54 Å². The van der Waals surface area contributed by atoms with E-state index in [1.54, 1.807) is 24.3 Å². The molecular formula is C18H25ClN4O2S. The van der Waals surface area contributed by atoms with Crippen LogP contribution in [0.15, 0.2) is 24.3 Å². The lowest BCUT2D eigenvalue weighted by molar-refractivity contribution is -0.120. The second kappa shape index (κ2) is 9.73. The molecule has 0 radical (unpaired) electrons. The summed E-state index contributed by atoms with van der Waals surface area (Å²) in [5.41, 5.74) is 5.49. The molecule has 0 heterocycles. The molecule has 2 amide bonds. The number of carbonyl (C=O) groups is 2. The Labute approximate surface area is 164 Å². The lowest BCUT2D eigenvalue weighted by Crippen LogP contribution is -2.53. The van der Waals surface area contributed by atoms with E-state index in [2.05, 4.69) is 35.3 Å². The molecule has 1 aromatic carbocycles. The molecule has 0 spiro atoms. The SMILES string of the molecule is C[C@@H]1[C@@H](C)CCC[C@H]1NC(=S)NNC(=O)CNC(=O)c1ccccc1Cl. The number of hydrogen-bond acceptors (Lipinski definition) is 3. The summed E-state index contributed by atoms with van der Waals surface area (Å²) in [6.45, 7) is 4.28. The molecule has 2 rings (SSSR count). The van der Waals surface area contributed by atoms with Gasteiger partial charge in [0.15, 0.2) is 5.11 Å². The average molecular weight is 397 g/mol. The van der Waals surface area contributed by atoms with Crippen molar-refractivity contribution in [1.82, 2.24) is 21.5 Å². The molecule has 0 aliphatic heterocycles. The van der Waals surface area contributed by atoms with Crippen LogP contribution in [-0.2, 0) is 4.79 Å². The maximum absolute atomic E-state index is 12.0. The summed E-state index contributed by atoms with van der Waals surface area (Å²) >= 11 is 11.2. The fraction of sp³-hybridized carbons (Fsp3) is 0.500. The lowest BCUT2D eigenvalue weighted by atomic mass is 9.78. The molecule has 1 saturated carbocycles. The number of carbonyl (C=O) groups excluding carboxylic acids is 2. The van der Waals surface area contributed by atoms with Gasteiger partial charge in [-0.25, -0.2) is 0 Å². The van der Waals surface area contributed by atoms with Crippen molar-refractivity contribution in [1.29, 1.82) is 0 Å². The van der Waals surface area contributed by atoms with Gasteiger partial charge in [0.05, 0.1) is 17.1 Å². The topological polar surface area (TPSA) is 82.3 Å². The molecule has 6 nitrogen and oxygen atoms in total. The molecular weight excluding hydrogens is 372 g/mol. The van der Waals surface area contributed by atoms with Gasteiger partial charge in [-0.3, -0.25) is 20.4 Å². The molecule has 0 saturated heterocycles. The number of amides is 2. The van der Waals surface area contributed by atoms with Crippen molar-refractivity contribution in [2.75, 3.05) is 6.54 Å². The number of benzene rings is 1. The molecule has 0 aromatic heterocycles. The van der Waals surface area contributed by atoms with Crippen LogP contribution in [0.1, 0.15) is 43.5 Å². The zero-order chi connectivity index (χ0) is 19.1. The normalized spacial score (nSPS) is 22.2. The first kappa shape index (κ1) is 20.5. The van der Waals surface area contributed by atoms with Gasteiger partial charge < -0.3 is 10.6 Å². The molecule has 1 fully saturated rings. The first-order chi connectivity index (χ1) is 12.4. The molecule has 0 unspecified atom stereocenters. The fourth-order valence-electron chi connectivity index (χ4n) is 3.06. The molecule has 1 aromatic rings. The monoisotopic (exact) mass is 396 g/mol. The minimum atomic E-state index is -0.406. The van der Waals surface area contributed by atoms with Gasteiger partial charge in [-0.15, -0.1) is 0 Å². The highest BCUT2D eigenvalue weighted by Crippen LogP contribution is 2.29. The molecule has 26 heavy (non-hydrogen) atoms. The zero-order valence-electron chi connectivity index (χ0n) is 15.0. The Morgan fingerprint density at radius 1 is 1.19 bits per heavy atom. The molecule has 4 N–H and O–H groups in total. The van der Waals surface area contributed by atoms with Gasteiger partial charge in [-0.1, -0.05) is 50.4 Å². The minimum absolute atomic E-state index is 0.184. The first-order valence-corrected chi connectivity index (χ1v) is 9.55. The van der Waals surface area contributed by atoms with Crippen molar-refractivity contribution in [2.24, 2.45) is 11.8 Å². The number of nitrogens with one attached hydrogen (secondary N) is 4. The number of rotatable bonds is 4. The highest BCUT2D eigenvalue weighted by atomic mass is 35.5. The van der Waals surface area contributed by atoms with E-state index in [1.165, 1.54) is 12.8 Å². The minimum Gasteiger partial charge on any atom is -0.358 e. The molecule has 8 heteroatoms. The Morgan fingerprint density at radius 2 is 1.92 bits per heavy atom. The third-order valence-corrected chi connectivity index (χ3v) is 5.42. The molecule has 142 valence electrons. The fourth-order valence-corrected chi connectivity index (χ4v) is 3.49. The van der Waals surface area contributed by atoms with Crippen LogP contribution >= 0.6 is 23.8 Å². The van der Waals surface area contributed by atoms with Crippen LogP contribution in [0.25, 0.3) is 0 Å². The van der Waals surface area contributed by atoms with E-state index < -0.39 is 11.8 Å². The highest BCUT2D eigenvalue weighted by Gasteiger charge is 2.27. The Bertz CT molecular complexity index is 670. The van der Waals surface area contributed by atoms with Crippen molar-refractivity contribution in [2.45, 2.75) is 39.2 Å². The number of hydrogen-bond donors (Lipinski definition) is 4. The molecule has 3 atom stereocenters.